The van der Waals surface area contributed by atoms with E-state index in [1.54, 1.807) is 32.3 Å². The number of carbonyl (C=O) groups is 1. The first-order valence-electron chi connectivity index (χ1n) is 14.6. The van der Waals surface area contributed by atoms with Crippen LogP contribution in [0.25, 0.3) is 22.2 Å². The molecule has 0 aliphatic heterocycles. The van der Waals surface area contributed by atoms with E-state index in [1.165, 1.54) is 12.1 Å². The number of alkyl halides is 3. The lowest BCUT2D eigenvalue weighted by Crippen LogP contribution is -2.21. The van der Waals surface area contributed by atoms with Crippen LogP contribution in [0.15, 0.2) is 59.6 Å². The number of carbonyl (C=O) groups excluding carboxylic acids is 1. The topological polar surface area (TPSA) is 109 Å². The number of fused-ring (bicyclic) bond motifs is 1. The average molecular weight is 659 g/mol. The van der Waals surface area contributed by atoms with Crippen LogP contribution in [-0.2, 0) is 22.5 Å². The Labute approximate surface area is 263 Å². The van der Waals surface area contributed by atoms with E-state index in [4.69, 9.17) is 14.0 Å². The minimum atomic E-state index is -4.71. The second-order valence-electron chi connectivity index (χ2n) is 11.9. The summed E-state index contributed by atoms with van der Waals surface area (Å²) in [6, 6.07) is 9.48. The molecule has 0 radical (unpaired) electrons. The van der Waals surface area contributed by atoms with Gasteiger partial charge in [0.05, 0.1) is 41.8 Å². The van der Waals surface area contributed by atoms with Crippen molar-refractivity contribution in [2.45, 2.75) is 58.6 Å². The Balaban J connectivity index is 1.49. The third kappa shape index (κ3) is 7.31. The van der Waals surface area contributed by atoms with Crippen molar-refractivity contribution in [2.75, 3.05) is 18.5 Å². The molecule has 0 bridgehead atoms. The standard InChI is InChI=1S/C31H34F4N6O4Si/c1-6-44-30(42)29-27(19(2)45-39-29)28(23-9-7-20(13-24(23)32)21-15-37-41(16-21)31(33,34)35)38-22-8-10-26-25(14-22)36-17-40(26)18-43-11-12-46(3,4)5/h7-10,13-17,28,38H,6,11-12,18H2,1-5H3. The van der Waals surface area contributed by atoms with E-state index >= 15 is 4.39 Å². The van der Waals surface area contributed by atoms with E-state index in [0.717, 1.165) is 30.0 Å². The Hall–Kier alpha value is -4.50. The summed E-state index contributed by atoms with van der Waals surface area (Å²) in [5, 5.41) is 10.5. The van der Waals surface area contributed by atoms with Crippen molar-refractivity contribution in [3.05, 3.63) is 83.5 Å². The van der Waals surface area contributed by atoms with Crippen molar-refractivity contribution >= 4 is 30.8 Å². The van der Waals surface area contributed by atoms with Crippen LogP contribution in [0.2, 0.25) is 25.7 Å². The molecular formula is C31H34F4N6O4Si. The van der Waals surface area contributed by atoms with E-state index in [0.29, 0.717) is 24.5 Å². The summed E-state index contributed by atoms with van der Waals surface area (Å²) >= 11 is 0. The molecule has 15 heteroatoms. The molecule has 5 aromatic rings. The molecule has 0 saturated heterocycles. The maximum Gasteiger partial charge on any atom is 0.504 e. The fourth-order valence-corrected chi connectivity index (χ4v) is 5.64. The normalized spacial score (nSPS) is 12.9. The molecule has 0 amide bonds. The molecule has 3 heterocycles. The lowest BCUT2D eigenvalue weighted by atomic mass is 9.94. The molecule has 0 aliphatic carbocycles. The number of nitrogens with zero attached hydrogens (tertiary/aromatic N) is 5. The van der Waals surface area contributed by atoms with E-state index in [1.807, 2.05) is 10.6 Å². The van der Waals surface area contributed by atoms with Gasteiger partial charge in [-0.3, -0.25) is 0 Å². The number of aromatic nitrogens is 5. The van der Waals surface area contributed by atoms with Gasteiger partial charge in [-0.2, -0.15) is 9.78 Å². The lowest BCUT2D eigenvalue weighted by Gasteiger charge is -2.22. The van der Waals surface area contributed by atoms with Crippen LogP contribution in [0.5, 0.6) is 0 Å². The quantitative estimate of drug-likeness (QED) is 0.0635. The Morgan fingerprint density at radius 1 is 1.13 bits per heavy atom. The highest BCUT2D eigenvalue weighted by molar-refractivity contribution is 6.76. The molecule has 1 atom stereocenters. The maximum absolute atomic E-state index is 15.9. The molecular weight excluding hydrogens is 624 g/mol. The van der Waals surface area contributed by atoms with E-state index in [-0.39, 0.29) is 45.0 Å². The Morgan fingerprint density at radius 3 is 2.59 bits per heavy atom. The highest BCUT2D eigenvalue weighted by Gasteiger charge is 2.33. The fourth-order valence-electron chi connectivity index (χ4n) is 4.89. The number of rotatable bonds is 12. The Kier molecular flexibility index (Phi) is 9.35. The largest absolute Gasteiger partial charge is 0.504 e. The number of imidazole rings is 1. The monoisotopic (exact) mass is 658 g/mol. The van der Waals surface area contributed by atoms with Crippen LogP contribution in [0.4, 0.5) is 23.2 Å². The van der Waals surface area contributed by atoms with Gasteiger partial charge in [0, 0.05) is 37.7 Å². The summed E-state index contributed by atoms with van der Waals surface area (Å²) in [6.07, 6.45) is -1.24. The van der Waals surface area contributed by atoms with Crippen molar-refractivity contribution < 1.29 is 36.4 Å². The zero-order chi connectivity index (χ0) is 33.2. The lowest BCUT2D eigenvalue weighted by molar-refractivity contribution is -0.212. The number of benzene rings is 2. The smallest absolute Gasteiger partial charge is 0.461 e. The molecule has 46 heavy (non-hydrogen) atoms. The van der Waals surface area contributed by atoms with Gasteiger partial charge in [-0.05, 0) is 49.7 Å². The van der Waals surface area contributed by atoms with Gasteiger partial charge in [0.15, 0.2) is 5.69 Å². The summed E-state index contributed by atoms with van der Waals surface area (Å²) in [7, 11) is -1.23. The minimum Gasteiger partial charge on any atom is -0.461 e. The second-order valence-corrected chi connectivity index (χ2v) is 17.6. The summed E-state index contributed by atoms with van der Waals surface area (Å²) in [4.78, 5) is 17.3. The molecule has 0 spiro atoms. The van der Waals surface area contributed by atoms with Gasteiger partial charge in [0.1, 0.15) is 18.3 Å². The number of aryl methyl sites for hydroxylation is 1. The van der Waals surface area contributed by atoms with Crippen LogP contribution in [0, 0.1) is 12.7 Å². The fraction of sp³-hybridized carbons (Fsp3) is 0.355. The Morgan fingerprint density at radius 2 is 1.91 bits per heavy atom. The van der Waals surface area contributed by atoms with Crippen molar-refractivity contribution in [1.29, 1.82) is 0 Å². The van der Waals surface area contributed by atoms with Gasteiger partial charge in [0.2, 0.25) is 0 Å². The van der Waals surface area contributed by atoms with Crippen LogP contribution in [0.1, 0.15) is 40.3 Å². The molecule has 0 saturated carbocycles. The number of hydrogen-bond acceptors (Lipinski definition) is 8. The van der Waals surface area contributed by atoms with E-state index in [9.17, 15) is 18.0 Å². The number of nitrogens with one attached hydrogen (secondary N) is 1. The zero-order valence-corrected chi connectivity index (χ0v) is 27.0. The predicted octanol–water partition coefficient (Wildman–Crippen LogP) is 7.50. The summed E-state index contributed by atoms with van der Waals surface area (Å²) < 4.78 is 73.3. The van der Waals surface area contributed by atoms with Crippen molar-refractivity contribution in [3.63, 3.8) is 0 Å². The van der Waals surface area contributed by atoms with Crippen LogP contribution < -0.4 is 5.32 Å². The number of anilines is 1. The van der Waals surface area contributed by atoms with Gasteiger partial charge in [0.25, 0.3) is 0 Å². The van der Waals surface area contributed by atoms with Crippen molar-refractivity contribution in [2.24, 2.45) is 0 Å². The molecule has 1 unspecified atom stereocenters. The highest BCUT2D eigenvalue weighted by atomic mass is 28.3. The summed E-state index contributed by atoms with van der Waals surface area (Å²) in [5.74, 6) is -1.25. The van der Waals surface area contributed by atoms with Gasteiger partial charge < -0.3 is 23.9 Å². The van der Waals surface area contributed by atoms with E-state index in [2.05, 4.69) is 40.2 Å². The van der Waals surface area contributed by atoms with E-state index < -0.39 is 32.2 Å². The first-order valence-corrected chi connectivity index (χ1v) is 18.3. The molecule has 0 fully saturated rings. The molecule has 10 nitrogen and oxygen atoms in total. The number of hydrogen-bond donors (Lipinski definition) is 1. The van der Waals surface area contributed by atoms with Gasteiger partial charge >= 0.3 is 12.3 Å². The zero-order valence-electron chi connectivity index (χ0n) is 26.0. The van der Waals surface area contributed by atoms with Gasteiger partial charge in [-0.1, -0.05) is 36.9 Å². The van der Waals surface area contributed by atoms with Crippen molar-refractivity contribution in [3.8, 4) is 11.1 Å². The summed E-state index contributed by atoms with van der Waals surface area (Å²) in [5.41, 5.74) is 2.50. The van der Waals surface area contributed by atoms with Crippen LogP contribution in [-0.4, -0.2) is 51.7 Å². The molecule has 2 aromatic carbocycles. The SMILES string of the molecule is CCOC(=O)c1noc(C)c1C(Nc1ccc2c(c1)ncn2COCC[Si](C)(C)C)c1ccc(-c2cnn(C(F)(F)F)c2)cc1F. The van der Waals surface area contributed by atoms with Gasteiger partial charge in [-0.25, -0.2) is 14.2 Å². The third-order valence-corrected chi connectivity index (χ3v) is 9.02. The molecule has 5 rings (SSSR count). The Bertz CT molecular complexity index is 1840. The molecule has 0 aliphatic rings. The summed E-state index contributed by atoms with van der Waals surface area (Å²) in [6.45, 7) is 11.2. The minimum absolute atomic E-state index is 0.0751. The van der Waals surface area contributed by atoms with Crippen LogP contribution >= 0.6 is 0 Å². The highest BCUT2D eigenvalue weighted by Crippen LogP contribution is 2.36. The molecule has 1 N–H and O–H groups in total. The van der Waals surface area contributed by atoms with Crippen molar-refractivity contribution in [1.82, 2.24) is 24.5 Å². The third-order valence-electron chi connectivity index (χ3n) is 7.31. The first kappa shape index (κ1) is 32.9. The van der Waals surface area contributed by atoms with Gasteiger partial charge in [-0.15, -0.1) is 13.2 Å². The second kappa shape index (κ2) is 13.1. The maximum atomic E-state index is 15.9. The molecule has 244 valence electrons. The number of halogens is 4. The number of ether oxygens (including phenoxy) is 2. The number of esters is 1. The molecule has 3 aromatic heterocycles. The predicted molar refractivity (Wildman–Crippen MR) is 165 cm³/mol. The first-order chi connectivity index (χ1) is 21.7. The van der Waals surface area contributed by atoms with Crippen LogP contribution in [0.3, 0.4) is 0 Å². The average Bonchev–Trinajstić information content (AvgIpc) is 3.72.